The first-order chi connectivity index (χ1) is 8.23. The van der Waals surface area contributed by atoms with Crippen LogP contribution in [0.3, 0.4) is 0 Å². The van der Waals surface area contributed by atoms with Gasteiger partial charge in [0.05, 0.1) is 11.6 Å². The summed E-state index contributed by atoms with van der Waals surface area (Å²) in [7, 11) is 0. The third-order valence-corrected chi connectivity index (χ3v) is 3.08. The van der Waals surface area contributed by atoms with Gasteiger partial charge in [-0.15, -0.1) is 0 Å². The first kappa shape index (κ1) is 10.3. The average molecular weight is 234 g/mol. The zero-order valence-corrected chi connectivity index (χ0v) is 9.06. The number of pyridine rings is 1. The van der Waals surface area contributed by atoms with Crippen molar-refractivity contribution in [1.82, 2.24) is 15.1 Å². The van der Waals surface area contributed by atoms with E-state index in [1.54, 1.807) is 0 Å². The molecule has 0 aliphatic heterocycles. The molecule has 0 aromatic carbocycles. The Morgan fingerprint density at radius 3 is 2.82 bits per heavy atom. The van der Waals surface area contributed by atoms with E-state index in [9.17, 15) is 4.39 Å². The molecule has 2 aromatic heterocycles. The van der Waals surface area contributed by atoms with Gasteiger partial charge < -0.3 is 10.3 Å². The molecule has 2 N–H and O–H groups in total. The smallest absolute Gasteiger partial charge is 0.234 e. The third-order valence-electron chi connectivity index (χ3n) is 3.08. The number of nitrogens with zero attached hydrogens (tertiary/aromatic N) is 3. The maximum absolute atomic E-state index is 12.7. The van der Waals surface area contributed by atoms with Gasteiger partial charge in [0.2, 0.25) is 11.7 Å². The lowest BCUT2D eigenvalue weighted by atomic mass is 10.1. The number of hydrogen-bond acceptors (Lipinski definition) is 5. The Hall–Kier alpha value is -1.82. The van der Waals surface area contributed by atoms with Gasteiger partial charge in [-0.2, -0.15) is 4.98 Å². The summed E-state index contributed by atoms with van der Waals surface area (Å²) in [6, 6.07) is 2.83. The first-order valence-electron chi connectivity index (χ1n) is 5.40. The summed E-state index contributed by atoms with van der Waals surface area (Å²) >= 11 is 0. The van der Waals surface area contributed by atoms with Crippen LogP contribution in [0.25, 0.3) is 11.5 Å². The van der Waals surface area contributed by atoms with E-state index in [0.29, 0.717) is 24.0 Å². The zero-order chi connectivity index (χ0) is 11.9. The molecular weight excluding hydrogens is 223 g/mol. The lowest BCUT2D eigenvalue weighted by Gasteiger charge is -2.03. The van der Waals surface area contributed by atoms with Gasteiger partial charge in [0.15, 0.2) is 0 Å². The summed E-state index contributed by atoms with van der Waals surface area (Å²) in [5, 5.41) is 3.84. The molecule has 1 aliphatic rings. The average Bonchev–Trinajstić information content (AvgIpc) is 3.00. The highest BCUT2D eigenvalue weighted by Crippen LogP contribution is 2.46. The number of rotatable bonds is 3. The van der Waals surface area contributed by atoms with Crippen molar-refractivity contribution in [3.05, 3.63) is 30.0 Å². The Balaban J connectivity index is 1.92. The molecule has 0 radical (unpaired) electrons. The van der Waals surface area contributed by atoms with Crippen molar-refractivity contribution in [3.8, 4) is 11.5 Å². The molecule has 1 fully saturated rings. The predicted molar refractivity (Wildman–Crippen MR) is 57.5 cm³/mol. The van der Waals surface area contributed by atoms with Gasteiger partial charge in [0, 0.05) is 6.54 Å². The van der Waals surface area contributed by atoms with E-state index < -0.39 is 5.82 Å². The summed E-state index contributed by atoms with van der Waals surface area (Å²) in [5.74, 6) is 0.541. The van der Waals surface area contributed by atoms with Crippen LogP contribution in [0.5, 0.6) is 0 Å². The van der Waals surface area contributed by atoms with Crippen molar-refractivity contribution in [1.29, 1.82) is 0 Å². The van der Waals surface area contributed by atoms with Crippen LogP contribution in [0.1, 0.15) is 18.7 Å². The van der Waals surface area contributed by atoms with Crippen molar-refractivity contribution in [2.75, 3.05) is 6.54 Å². The maximum Gasteiger partial charge on any atom is 0.234 e. The van der Waals surface area contributed by atoms with E-state index in [2.05, 4.69) is 15.1 Å². The van der Waals surface area contributed by atoms with Crippen molar-refractivity contribution in [2.24, 2.45) is 5.73 Å². The molecule has 17 heavy (non-hydrogen) atoms. The molecule has 2 heterocycles. The molecule has 88 valence electrons. The van der Waals surface area contributed by atoms with Crippen LogP contribution in [-0.2, 0) is 5.41 Å². The number of halogens is 1. The monoisotopic (exact) mass is 234 g/mol. The minimum atomic E-state index is -0.391. The largest absolute Gasteiger partial charge is 0.338 e. The van der Waals surface area contributed by atoms with E-state index in [1.807, 2.05) is 0 Å². The summed E-state index contributed by atoms with van der Waals surface area (Å²) in [6.45, 7) is 0.505. The minimum Gasteiger partial charge on any atom is -0.338 e. The Morgan fingerprint density at radius 2 is 2.24 bits per heavy atom. The standard InChI is InChI=1S/C11H11FN4O/c12-7-1-2-8(14-5-7)9-15-10(17-16-9)11(6-13)3-4-11/h1-2,5H,3-4,6,13H2. The molecule has 0 spiro atoms. The van der Waals surface area contributed by atoms with Gasteiger partial charge in [-0.05, 0) is 25.0 Å². The lowest BCUT2D eigenvalue weighted by Crippen LogP contribution is -2.19. The maximum atomic E-state index is 12.7. The van der Waals surface area contributed by atoms with Crippen LogP contribution in [0, 0.1) is 5.82 Å². The molecule has 1 aliphatic carbocycles. The van der Waals surface area contributed by atoms with E-state index in [1.165, 1.54) is 12.1 Å². The fourth-order valence-corrected chi connectivity index (χ4v) is 1.71. The van der Waals surface area contributed by atoms with Gasteiger partial charge in [-0.25, -0.2) is 9.37 Å². The van der Waals surface area contributed by atoms with Gasteiger partial charge in [0.1, 0.15) is 11.5 Å². The summed E-state index contributed by atoms with van der Waals surface area (Å²) in [6.07, 6.45) is 3.07. The quantitative estimate of drug-likeness (QED) is 0.865. The molecule has 2 aromatic rings. The van der Waals surface area contributed by atoms with Gasteiger partial charge >= 0.3 is 0 Å². The fraction of sp³-hybridized carbons (Fsp3) is 0.364. The predicted octanol–water partition coefficient (Wildman–Crippen LogP) is 1.26. The summed E-state index contributed by atoms with van der Waals surface area (Å²) in [5.41, 5.74) is 6.04. The normalized spacial score (nSPS) is 17.1. The summed E-state index contributed by atoms with van der Waals surface area (Å²) < 4.78 is 17.9. The molecule has 0 bridgehead atoms. The SMILES string of the molecule is NCC1(c2nc(-c3ccc(F)cn3)no2)CC1. The summed E-state index contributed by atoms with van der Waals surface area (Å²) in [4.78, 5) is 8.17. The van der Waals surface area contributed by atoms with Crippen LogP contribution in [0.2, 0.25) is 0 Å². The molecule has 0 atom stereocenters. The molecular formula is C11H11FN4O. The second kappa shape index (κ2) is 3.59. The van der Waals surface area contributed by atoms with Crippen molar-refractivity contribution >= 4 is 0 Å². The fourth-order valence-electron chi connectivity index (χ4n) is 1.71. The van der Waals surface area contributed by atoms with Gasteiger partial charge in [0.25, 0.3) is 0 Å². The molecule has 1 saturated carbocycles. The Labute approximate surface area is 96.9 Å². The highest BCUT2D eigenvalue weighted by Gasteiger charge is 2.48. The first-order valence-corrected chi connectivity index (χ1v) is 5.40. The molecule has 3 rings (SSSR count). The molecule has 0 saturated heterocycles. The van der Waals surface area contributed by atoms with E-state index >= 15 is 0 Å². The number of nitrogens with two attached hydrogens (primary N) is 1. The van der Waals surface area contributed by atoms with Gasteiger partial charge in [-0.1, -0.05) is 5.16 Å². The van der Waals surface area contributed by atoms with Crippen molar-refractivity contribution in [3.63, 3.8) is 0 Å². The number of hydrogen-bond donors (Lipinski definition) is 1. The second-order valence-electron chi connectivity index (χ2n) is 4.27. The molecule has 6 heteroatoms. The van der Waals surface area contributed by atoms with Crippen LogP contribution in [-0.4, -0.2) is 21.7 Å². The van der Waals surface area contributed by atoms with E-state index in [0.717, 1.165) is 19.0 Å². The zero-order valence-electron chi connectivity index (χ0n) is 9.06. The van der Waals surface area contributed by atoms with Crippen molar-refractivity contribution < 1.29 is 8.91 Å². The van der Waals surface area contributed by atoms with E-state index in [-0.39, 0.29) is 5.41 Å². The van der Waals surface area contributed by atoms with Crippen LogP contribution in [0.15, 0.2) is 22.9 Å². The van der Waals surface area contributed by atoms with Crippen LogP contribution >= 0.6 is 0 Å². The molecule has 5 nitrogen and oxygen atoms in total. The molecule has 0 amide bonds. The van der Waals surface area contributed by atoms with Crippen molar-refractivity contribution in [2.45, 2.75) is 18.3 Å². The lowest BCUT2D eigenvalue weighted by molar-refractivity contribution is 0.347. The van der Waals surface area contributed by atoms with E-state index in [4.69, 9.17) is 10.3 Å². The minimum absolute atomic E-state index is 0.134. The van der Waals surface area contributed by atoms with Crippen LogP contribution < -0.4 is 5.73 Å². The topological polar surface area (TPSA) is 77.8 Å². The Kier molecular flexibility index (Phi) is 2.19. The number of aromatic nitrogens is 3. The third kappa shape index (κ3) is 1.70. The van der Waals surface area contributed by atoms with Gasteiger partial charge in [-0.3, -0.25) is 0 Å². The Morgan fingerprint density at radius 1 is 1.41 bits per heavy atom. The highest BCUT2D eigenvalue weighted by molar-refractivity contribution is 5.47. The molecule has 0 unspecified atom stereocenters. The van der Waals surface area contributed by atoms with Crippen LogP contribution in [0.4, 0.5) is 4.39 Å². The second-order valence-corrected chi connectivity index (χ2v) is 4.27. The Bertz CT molecular complexity index is 533. The highest BCUT2D eigenvalue weighted by atomic mass is 19.1.